The van der Waals surface area contributed by atoms with Crippen molar-refractivity contribution in [1.82, 2.24) is 4.90 Å². The van der Waals surface area contributed by atoms with Gasteiger partial charge in [0.1, 0.15) is 12.4 Å². The molecule has 5 nitrogen and oxygen atoms in total. The van der Waals surface area contributed by atoms with Crippen molar-refractivity contribution in [2.45, 2.75) is 0 Å². The number of urea groups is 1. The van der Waals surface area contributed by atoms with Crippen molar-refractivity contribution >= 4 is 46.5 Å². The SMILES string of the molecule is CN(CC(=O)Nc1ccc(Cl)c(Cl)c1)C(=O)Nc1ccc(F)cc1. The molecule has 2 N–H and O–H groups in total. The first-order valence-corrected chi connectivity index (χ1v) is 7.63. The molecule has 8 heteroatoms. The quantitative estimate of drug-likeness (QED) is 0.846. The van der Waals surface area contributed by atoms with Crippen molar-refractivity contribution < 1.29 is 14.0 Å². The van der Waals surface area contributed by atoms with E-state index < -0.39 is 17.8 Å². The maximum Gasteiger partial charge on any atom is 0.322 e. The molecule has 2 rings (SSSR count). The van der Waals surface area contributed by atoms with Gasteiger partial charge in [0.15, 0.2) is 0 Å². The number of hydrogen-bond donors (Lipinski definition) is 2. The Morgan fingerprint density at radius 1 is 1.00 bits per heavy atom. The number of rotatable bonds is 4. The van der Waals surface area contributed by atoms with Gasteiger partial charge in [-0.05, 0) is 42.5 Å². The van der Waals surface area contributed by atoms with Gasteiger partial charge in [0, 0.05) is 18.4 Å². The molecular weight excluding hydrogens is 356 g/mol. The maximum absolute atomic E-state index is 12.8. The number of anilines is 2. The Hall–Kier alpha value is -2.31. The van der Waals surface area contributed by atoms with E-state index in [-0.39, 0.29) is 6.54 Å². The Balaban J connectivity index is 1.89. The van der Waals surface area contributed by atoms with Gasteiger partial charge < -0.3 is 15.5 Å². The summed E-state index contributed by atoms with van der Waals surface area (Å²) >= 11 is 11.7. The van der Waals surface area contributed by atoms with Crippen LogP contribution in [0.4, 0.5) is 20.6 Å². The van der Waals surface area contributed by atoms with Crippen LogP contribution in [0.5, 0.6) is 0 Å². The molecule has 0 aliphatic rings. The van der Waals surface area contributed by atoms with Crippen molar-refractivity contribution in [2.24, 2.45) is 0 Å². The largest absolute Gasteiger partial charge is 0.324 e. The number of nitrogens with zero attached hydrogens (tertiary/aromatic N) is 1. The van der Waals surface area contributed by atoms with Crippen molar-refractivity contribution in [3.05, 3.63) is 58.3 Å². The lowest BCUT2D eigenvalue weighted by Gasteiger charge is -2.17. The molecule has 0 spiro atoms. The molecule has 0 radical (unpaired) electrons. The molecule has 0 bridgehead atoms. The minimum absolute atomic E-state index is 0.173. The lowest BCUT2D eigenvalue weighted by atomic mass is 10.3. The fourth-order valence-electron chi connectivity index (χ4n) is 1.81. The summed E-state index contributed by atoms with van der Waals surface area (Å²) < 4.78 is 12.8. The Kier molecular flexibility index (Phi) is 6.00. The second kappa shape index (κ2) is 7.99. The van der Waals surface area contributed by atoms with E-state index in [1.165, 1.54) is 42.3 Å². The molecule has 0 unspecified atom stereocenters. The number of halogens is 3. The van der Waals surface area contributed by atoms with Crippen LogP contribution in [0.1, 0.15) is 0 Å². The van der Waals surface area contributed by atoms with Gasteiger partial charge in [0.05, 0.1) is 10.0 Å². The normalized spacial score (nSPS) is 10.2. The van der Waals surface area contributed by atoms with Crippen LogP contribution in [0.25, 0.3) is 0 Å². The first kappa shape index (κ1) is 18.0. The van der Waals surface area contributed by atoms with E-state index in [9.17, 15) is 14.0 Å². The topological polar surface area (TPSA) is 61.4 Å². The van der Waals surface area contributed by atoms with Gasteiger partial charge in [0.2, 0.25) is 5.91 Å². The first-order valence-electron chi connectivity index (χ1n) is 6.88. The number of likely N-dealkylation sites (N-methyl/N-ethyl adjacent to an activating group) is 1. The molecule has 2 aromatic carbocycles. The first-order chi connectivity index (χ1) is 11.3. The highest BCUT2D eigenvalue weighted by Crippen LogP contribution is 2.24. The van der Waals surface area contributed by atoms with Crippen molar-refractivity contribution in [3.8, 4) is 0 Å². The second-order valence-electron chi connectivity index (χ2n) is 4.97. The average molecular weight is 370 g/mol. The van der Waals surface area contributed by atoms with E-state index in [1.807, 2.05) is 0 Å². The molecule has 0 saturated carbocycles. The molecule has 0 heterocycles. The van der Waals surface area contributed by atoms with Gasteiger partial charge in [-0.25, -0.2) is 9.18 Å². The van der Waals surface area contributed by atoms with Crippen molar-refractivity contribution in [3.63, 3.8) is 0 Å². The highest BCUT2D eigenvalue weighted by atomic mass is 35.5. The smallest absolute Gasteiger partial charge is 0.322 e. The molecular formula is C16H14Cl2FN3O2. The van der Waals surface area contributed by atoms with E-state index in [2.05, 4.69) is 10.6 Å². The molecule has 126 valence electrons. The predicted molar refractivity (Wildman–Crippen MR) is 93.1 cm³/mol. The van der Waals surface area contributed by atoms with Crippen LogP contribution in [0, 0.1) is 5.82 Å². The number of amides is 3. The standard InChI is InChI=1S/C16H14Cl2FN3O2/c1-22(16(24)21-11-4-2-10(19)3-5-11)9-15(23)20-12-6-7-13(17)14(18)8-12/h2-8H,9H2,1H3,(H,20,23)(H,21,24). The molecule has 0 atom stereocenters. The van der Waals surface area contributed by atoms with E-state index in [0.717, 1.165) is 0 Å². The van der Waals surface area contributed by atoms with Crippen LogP contribution in [0.15, 0.2) is 42.5 Å². The van der Waals surface area contributed by atoms with E-state index in [1.54, 1.807) is 12.1 Å². The summed E-state index contributed by atoms with van der Waals surface area (Å²) in [4.78, 5) is 25.1. The van der Waals surface area contributed by atoms with Gasteiger partial charge in [-0.2, -0.15) is 0 Å². The van der Waals surface area contributed by atoms with Crippen LogP contribution in [-0.4, -0.2) is 30.4 Å². The third kappa shape index (κ3) is 5.11. The van der Waals surface area contributed by atoms with Gasteiger partial charge in [-0.1, -0.05) is 23.2 Å². The summed E-state index contributed by atoms with van der Waals surface area (Å²) in [7, 11) is 1.47. The molecule has 24 heavy (non-hydrogen) atoms. The highest BCUT2D eigenvalue weighted by molar-refractivity contribution is 6.42. The summed E-state index contributed by atoms with van der Waals surface area (Å²) in [6.07, 6.45) is 0. The minimum atomic E-state index is -0.495. The zero-order valence-corrected chi connectivity index (χ0v) is 14.2. The zero-order chi connectivity index (χ0) is 17.7. The summed E-state index contributed by atoms with van der Waals surface area (Å²) in [5, 5.41) is 5.87. The average Bonchev–Trinajstić information content (AvgIpc) is 2.53. The van der Waals surface area contributed by atoms with E-state index in [4.69, 9.17) is 23.2 Å². The molecule has 0 aromatic heterocycles. The summed E-state index contributed by atoms with van der Waals surface area (Å²) in [5.74, 6) is -0.799. The molecule has 0 aliphatic heterocycles. The van der Waals surface area contributed by atoms with Crippen molar-refractivity contribution in [1.29, 1.82) is 0 Å². The van der Waals surface area contributed by atoms with Gasteiger partial charge in [-0.15, -0.1) is 0 Å². The third-order valence-corrected chi connectivity index (χ3v) is 3.77. The Morgan fingerprint density at radius 3 is 2.25 bits per heavy atom. The Morgan fingerprint density at radius 2 is 1.62 bits per heavy atom. The Bertz CT molecular complexity index is 753. The van der Waals surface area contributed by atoms with Crippen LogP contribution in [0.2, 0.25) is 10.0 Å². The highest BCUT2D eigenvalue weighted by Gasteiger charge is 2.13. The lowest BCUT2D eigenvalue weighted by Crippen LogP contribution is -2.37. The molecule has 0 saturated heterocycles. The predicted octanol–water partition coefficient (Wildman–Crippen LogP) is 4.23. The van der Waals surface area contributed by atoms with Crippen LogP contribution < -0.4 is 10.6 Å². The van der Waals surface area contributed by atoms with Crippen molar-refractivity contribution in [2.75, 3.05) is 24.2 Å². The summed E-state index contributed by atoms with van der Waals surface area (Å²) in [6.45, 7) is -0.173. The maximum atomic E-state index is 12.8. The fraction of sp³-hybridized carbons (Fsp3) is 0.125. The fourth-order valence-corrected chi connectivity index (χ4v) is 2.11. The second-order valence-corrected chi connectivity index (χ2v) is 5.78. The van der Waals surface area contributed by atoms with E-state index >= 15 is 0 Å². The summed E-state index contributed by atoms with van der Waals surface area (Å²) in [6, 6.07) is 9.49. The number of nitrogens with one attached hydrogen (secondary N) is 2. The number of carbonyl (C=O) groups excluding carboxylic acids is 2. The van der Waals surface area contributed by atoms with E-state index in [0.29, 0.717) is 21.4 Å². The molecule has 3 amide bonds. The molecule has 0 aliphatic carbocycles. The minimum Gasteiger partial charge on any atom is -0.324 e. The monoisotopic (exact) mass is 369 g/mol. The van der Waals surface area contributed by atoms with Gasteiger partial charge in [0.25, 0.3) is 0 Å². The number of benzene rings is 2. The van der Waals surface area contributed by atoms with Gasteiger partial charge in [-0.3, -0.25) is 4.79 Å². The third-order valence-electron chi connectivity index (χ3n) is 3.03. The molecule has 0 fully saturated rings. The molecule has 2 aromatic rings. The van der Waals surface area contributed by atoms with Crippen LogP contribution in [-0.2, 0) is 4.79 Å². The van der Waals surface area contributed by atoms with Gasteiger partial charge >= 0.3 is 6.03 Å². The summed E-state index contributed by atoms with van der Waals surface area (Å²) in [5.41, 5.74) is 0.903. The van der Waals surface area contributed by atoms with Crippen LogP contribution >= 0.6 is 23.2 Å². The number of carbonyl (C=O) groups is 2. The zero-order valence-electron chi connectivity index (χ0n) is 12.6. The Labute approximate surface area is 148 Å². The number of hydrogen-bond acceptors (Lipinski definition) is 2. The van der Waals surface area contributed by atoms with Crippen LogP contribution in [0.3, 0.4) is 0 Å². The lowest BCUT2D eigenvalue weighted by molar-refractivity contribution is -0.116.